The van der Waals surface area contributed by atoms with Crippen LogP contribution in [0, 0.1) is 11.8 Å². The van der Waals surface area contributed by atoms with Crippen LogP contribution in [0.4, 0.5) is 0 Å². The van der Waals surface area contributed by atoms with Crippen molar-refractivity contribution in [2.45, 2.75) is 63.5 Å². The van der Waals surface area contributed by atoms with E-state index in [0.29, 0.717) is 29.6 Å². The molecule has 1 aromatic carbocycles. The lowest BCUT2D eigenvalue weighted by molar-refractivity contribution is -0.137. The third-order valence-corrected chi connectivity index (χ3v) is 6.78. The Morgan fingerprint density at radius 2 is 1.73 bits per heavy atom. The van der Waals surface area contributed by atoms with Crippen molar-refractivity contribution >= 4 is 17.8 Å². The lowest BCUT2D eigenvalue weighted by Gasteiger charge is -2.38. The Balaban J connectivity index is 1.40. The fourth-order valence-electron chi connectivity index (χ4n) is 4.43. The molecule has 1 atom stereocenters. The van der Waals surface area contributed by atoms with Gasteiger partial charge in [0.05, 0.1) is 12.5 Å². The maximum Gasteiger partial charge on any atom is 0.307 e. The van der Waals surface area contributed by atoms with Crippen LogP contribution >= 0.6 is 0 Å². The molecular weight excluding hydrogens is 382 g/mol. The van der Waals surface area contributed by atoms with E-state index in [-0.39, 0.29) is 24.2 Å². The molecule has 2 aliphatic carbocycles. The summed E-state index contributed by atoms with van der Waals surface area (Å²) in [6.07, 6.45) is 7.05. The Hall–Kier alpha value is -2.41. The zero-order valence-electron chi connectivity index (χ0n) is 17.7. The minimum atomic E-state index is -0.890. The molecule has 0 saturated heterocycles. The molecule has 7 nitrogen and oxygen atoms in total. The van der Waals surface area contributed by atoms with Gasteiger partial charge in [-0.15, -0.1) is 0 Å². The standard InChI is InChI=1S/C23H33N3O4/c1-26(19-3-2-4-19)23(30)21(24)17-9-7-16(8-10-17)14-25-22(29)18-11-5-15(6-12-18)13-20(27)28/h5-6,11-12,16-17,19,21H,2-4,7-10,13-14,24H2,1H3,(H,25,29)(H,27,28)/t16?,17?,21-/m0/s1. The molecule has 164 valence electrons. The minimum absolute atomic E-state index is 0.0494. The number of carboxylic acids is 1. The number of nitrogens with zero attached hydrogens (tertiary/aromatic N) is 1. The van der Waals surface area contributed by atoms with E-state index in [2.05, 4.69) is 5.32 Å². The quantitative estimate of drug-likeness (QED) is 0.602. The van der Waals surface area contributed by atoms with Gasteiger partial charge in [0.25, 0.3) is 5.91 Å². The van der Waals surface area contributed by atoms with Gasteiger partial charge in [-0.1, -0.05) is 12.1 Å². The molecule has 7 heteroatoms. The Bertz CT molecular complexity index is 752. The average molecular weight is 416 g/mol. The summed E-state index contributed by atoms with van der Waals surface area (Å²) in [7, 11) is 1.88. The van der Waals surface area contributed by atoms with Gasteiger partial charge in [-0.3, -0.25) is 14.4 Å². The van der Waals surface area contributed by atoms with Crippen molar-refractivity contribution in [3.63, 3.8) is 0 Å². The number of benzene rings is 1. The van der Waals surface area contributed by atoms with Crippen molar-refractivity contribution in [1.82, 2.24) is 10.2 Å². The average Bonchev–Trinajstić information content (AvgIpc) is 2.70. The molecule has 0 spiro atoms. The van der Waals surface area contributed by atoms with Gasteiger partial charge in [-0.25, -0.2) is 0 Å². The van der Waals surface area contributed by atoms with Crippen LogP contribution in [0.1, 0.15) is 60.9 Å². The van der Waals surface area contributed by atoms with Gasteiger partial charge in [0.15, 0.2) is 0 Å². The van der Waals surface area contributed by atoms with E-state index in [0.717, 1.165) is 38.5 Å². The molecule has 0 aliphatic heterocycles. The molecule has 2 fully saturated rings. The highest BCUT2D eigenvalue weighted by Gasteiger charge is 2.34. The Morgan fingerprint density at radius 3 is 2.27 bits per heavy atom. The zero-order chi connectivity index (χ0) is 21.7. The molecular formula is C23H33N3O4. The van der Waals surface area contributed by atoms with Gasteiger partial charge < -0.3 is 21.1 Å². The molecule has 0 radical (unpaired) electrons. The van der Waals surface area contributed by atoms with Crippen LogP contribution in [-0.4, -0.2) is 53.5 Å². The second-order valence-electron chi connectivity index (χ2n) is 8.82. The van der Waals surface area contributed by atoms with Crippen molar-refractivity contribution in [1.29, 1.82) is 0 Å². The van der Waals surface area contributed by atoms with Gasteiger partial charge >= 0.3 is 5.97 Å². The Labute approximate surface area is 178 Å². The summed E-state index contributed by atoms with van der Waals surface area (Å²) < 4.78 is 0. The maximum absolute atomic E-state index is 12.6. The van der Waals surface area contributed by atoms with Crippen molar-refractivity contribution in [3.05, 3.63) is 35.4 Å². The fourth-order valence-corrected chi connectivity index (χ4v) is 4.43. The highest BCUT2D eigenvalue weighted by atomic mass is 16.4. The van der Waals surface area contributed by atoms with Crippen molar-refractivity contribution in [2.24, 2.45) is 17.6 Å². The first-order valence-electron chi connectivity index (χ1n) is 11.0. The van der Waals surface area contributed by atoms with Crippen molar-refractivity contribution in [3.8, 4) is 0 Å². The van der Waals surface area contributed by atoms with Crippen LogP contribution in [0.3, 0.4) is 0 Å². The second-order valence-corrected chi connectivity index (χ2v) is 8.82. The topological polar surface area (TPSA) is 113 Å². The number of carbonyl (C=O) groups excluding carboxylic acids is 2. The summed E-state index contributed by atoms with van der Waals surface area (Å²) in [4.78, 5) is 37.6. The van der Waals surface area contributed by atoms with Crippen LogP contribution in [0.15, 0.2) is 24.3 Å². The van der Waals surface area contributed by atoms with Crippen molar-refractivity contribution in [2.75, 3.05) is 13.6 Å². The summed E-state index contributed by atoms with van der Waals surface area (Å²) in [5.74, 6) is -0.355. The molecule has 1 aromatic rings. The molecule has 2 saturated carbocycles. The maximum atomic E-state index is 12.6. The predicted molar refractivity (Wildman–Crippen MR) is 114 cm³/mol. The highest BCUT2D eigenvalue weighted by Crippen LogP contribution is 2.32. The Morgan fingerprint density at radius 1 is 1.10 bits per heavy atom. The van der Waals surface area contributed by atoms with Gasteiger partial charge in [-0.2, -0.15) is 0 Å². The van der Waals surface area contributed by atoms with Crippen LogP contribution in [0.5, 0.6) is 0 Å². The first-order chi connectivity index (χ1) is 14.3. The smallest absolute Gasteiger partial charge is 0.307 e. The molecule has 30 heavy (non-hydrogen) atoms. The normalized spacial score (nSPS) is 22.6. The van der Waals surface area contributed by atoms with Crippen molar-refractivity contribution < 1.29 is 19.5 Å². The predicted octanol–water partition coefficient (Wildman–Crippen LogP) is 2.19. The third kappa shape index (κ3) is 5.59. The van der Waals surface area contributed by atoms with Gasteiger partial charge in [0.1, 0.15) is 0 Å². The number of nitrogens with two attached hydrogens (primary N) is 1. The SMILES string of the molecule is CN(C(=O)[C@@H](N)C1CCC(CNC(=O)c2ccc(CC(=O)O)cc2)CC1)C1CCC1. The number of aliphatic carboxylic acids is 1. The third-order valence-electron chi connectivity index (χ3n) is 6.78. The van der Waals surface area contributed by atoms with Gasteiger partial charge in [0.2, 0.25) is 5.91 Å². The first-order valence-corrected chi connectivity index (χ1v) is 11.0. The molecule has 4 N–H and O–H groups in total. The summed E-state index contributed by atoms with van der Waals surface area (Å²) in [5.41, 5.74) is 7.50. The van der Waals surface area contributed by atoms with E-state index in [4.69, 9.17) is 10.8 Å². The van der Waals surface area contributed by atoms with Gasteiger partial charge in [0, 0.05) is 25.2 Å². The number of hydrogen-bond acceptors (Lipinski definition) is 4. The second kappa shape index (κ2) is 10.1. The van der Waals surface area contributed by atoms with Crippen LogP contribution < -0.4 is 11.1 Å². The number of carboxylic acid groups (broad SMARTS) is 1. The Kier molecular flexibility index (Phi) is 7.48. The molecule has 2 amide bonds. The van der Waals surface area contributed by atoms with E-state index in [1.807, 2.05) is 11.9 Å². The summed E-state index contributed by atoms with van der Waals surface area (Å²) >= 11 is 0. The van der Waals surface area contributed by atoms with E-state index in [1.54, 1.807) is 24.3 Å². The van der Waals surface area contributed by atoms with Crippen LogP contribution in [0.25, 0.3) is 0 Å². The van der Waals surface area contributed by atoms with Gasteiger partial charge in [-0.05, 0) is 74.5 Å². The van der Waals surface area contributed by atoms with E-state index >= 15 is 0 Å². The fraction of sp³-hybridized carbons (Fsp3) is 0.609. The first kappa shape index (κ1) is 22.3. The van der Waals surface area contributed by atoms with Crippen LogP contribution in [0.2, 0.25) is 0 Å². The molecule has 0 heterocycles. The van der Waals surface area contributed by atoms with E-state index in [1.165, 1.54) is 6.42 Å². The minimum Gasteiger partial charge on any atom is -0.481 e. The molecule has 0 unspecified atom stereocenters. The van der Waals surface area contributed by atoms with E-state index < -0.39 is 12.0 Å². The lowest BCUT2D eigenvalue weighted by atomic mass is 9.78. The number of rotatable bonds is 8. The molecule has 3 rings (SSSR count). The molecule has 0 bridgehead atoms. The number of amides is 2. The number of carbonyl (C=O) groups is 3. The molecule has 0 aromatic heterocycles. The van der Waals surface area contributed by atoms with Crippen LogP contribution in [-0.2, 0) is 16.0 Å². The highest BCUT2D eigenvalue weighted by molar-refractivity contribution is 5.94. The zero-order valence-corrected chi connectivity index (χ0v) is 17.7. The number of nitrogens with one attached hydrogen (secondary N) is 1. The number of hydrogen-bond donors (Lipinski definition) is 3. The number of likely N-dealkylation sites (N-methyl/N-ethyl adjacent to an activating group) is 1. The summed E-state index contributed by atoms with van der Waals surface area (Å²) in [6, 6.07) is 6.62. The molecule has 2 aliphatic rings. The lowest BCUT2D eigenvalue weighted by Crippen LogP contribution is -2.52. The largest absolute Gasteiger partial charge is 0.481 e. The monoisotopic (exact) mass is 415 g/mol. The summed E-state index contributed by atoms with van der Waals surface area (Å²) in [6.45, 7) is 0.605. The van der Waals surface area contributed by atoms with E-state index in [9.17, 15) is 14.4 Å². The summed E-state index contributed by atoms with van der Waals surface area (Å²) in [5, 5.41) is 11.8.